The molecule has 1 aromatic heterocycles. The third-order valence-corrected chi connectivity index (χ3v) is 3.83. The van der Waals surface area contributed by atoms with Gasteiger partial charge in [0.1, 0.15) is 0 Å². The average Bonchev–Trinajstić information content (AvgIpc) is 3.02. The van der Waals surface area contributed by atoms with E-state index in [-0.39, 0.29) is 0 Å². The standard InChI is InChI=1S/C16H21N3O/c1-2-16-12-14(8-11-20-16)18-13-4-6-15(7-5-13)19-10-3-9-17-19/h3-7,9-10,14,16,18H,2,8,11-12H2,1H3. The topological polar surface area (TPSA) is 39.1 Å². The van der Waals surface area contributed by atoms with Crippen molar-refractivity contribution in [3.63, 3.8) is 0 Å². The fourth-order valence-corrected chi connectivity index (χ4v) is 2.66. The number of ether oxygens (including phenoxy) is 1. The molecule has 1 aromatic carbocycles. The van der Waals surface area contributed by atoms with Crippen LogP contribution < -0.4 is 5.32 Å². The van der Waals surface area contributed by atoms with Crippen LogP contribution in [-0.4, -0.2) is 28.5 Å². The molecule has 0 radical (unpaired) electrons. The zero-order chi connectivity index (χ0) is 13.8. The minimum absolute atomic E-state index is 0.407. The molecule has 2 aromatic rings. The van der Waals surface area contributed by atoms with E-state index in [1.54, 1.807) is 6.20 Å². The van der Waals surface area contributed by atoms with E-state index in [0.29, 0.717) is 12.1 Å². The highest BCUT2D eigenvalue weighted by Crippen LogP contribution is 2.21. The molecule has 20 heavy (non-hydrogen) atoms. The van der Waals surface area contributed by atoms with Gasteiger partial charge >= 0.3 is 0 Å². The monoisotopic (exact) mass is 271 g/mol. The highest BCUT2D eigenvalue weighted by atomic mass is 16.5. The van der Waals surface area contributed by atoms with Crippen molar-refractivity contribution >= 4 is 5.69 Å². The lowest BCUT2D eigenvalue weighted by Crippen LogP contribution is -2.33. The maximum absolute atomic E-state index is 5.71. The Morgan fingerprint density at radius 1 is 1.35 bits per heavy atom. The predicted octanol–water partition coefficient (Wildman–Crippen LogP) is 3.24. The summed E-state index contributed by atoms with van der Waals surface area (Å²) in [5.74, 6) is 0. The molecule has 1 fully saturated rings. The van der Waals surface area contributed by atoms with Gasteiger partial charge in [0.15, 0.2) is 0 Å². The SMILES string of the molecule is CCC1CC(Nc2ccc(-n3cccn3)cc2)CCO1. The molecule has 1 saturated heterocycles. The molecular formula is C16H21N3O. The van der Waals surface area contributed by atoms with E-state index in [1.807, 2.05) is 16.9 Å². The summed E-state index contributed by atoms with van der Waals surface area (Å²) < 4.78 is 7.58. The Labute approximate surface area is 119 Å². The van der Waals surface area contributed by atoms with Crippen LogP contribution in [0.25, 0.3) is 5.69 Å². The molecule has 1 aliphatic rings. The lowest BCUT2D eigenvalue weighted by Gasteiger charge is -2.30. The van der Waals surface area contributed by atoms with E-state index in [9.17, 15) is 0 Å². The summed E-state index contributed by atoms with van der Waals surface area (Å²) in [6, 6.07) is 10.9. The highest BCUT2D eigenvalue weighted by Gasteiger charge is 2.20. The molecule has 106 valence electrons. The van der Waals surface area contributed by atoms with E-state index >= 15 is 0 Å². The van der Waals surface area contributed by atoms with Gasteiger partial charge in [-0.1, -0.05) is 6.92 Å². The van der Waals surface area contributed by atoms with Crippen molar-refractivity contribution in [2.45, 2.75) is 38.3 Å². The van der Waals surface area contributed by atoms with E-state index < -0.39 is 0 Å². The van der Waals surface area contributed by atoms with Crippen LogP contribution >= 0.6 is 0 Å². The number of anilines is 1. The van der Waals surface area contributed by atoms with E-state index in [1.165, 1.54) is 5.69 Å². The van der Waals surface area contributed by atoms with Crippen molar-refractivity contribution in [1.82, 2.24) is 9.78 Å². The quantitative estimate of drug-likeness (QED) is 0.928. The van der Waals surface area contributed by atoms with Crippen LogP contribution in [0.2, 0.25) is 0 Å². The first-order valence-electron chi connectivity index (χ1n) is 7.33. The van der Waals surface area contributed by atoms with Crippen LogP contribution in [0, 0.1) is 0 Å². The van der Waals surface area contributed by atoms with Gasteiger partial charge in [-0.25, -0.2) is 4.68 Å². The normalized spacial score (nSPS) is 22.6. The maximum atomic E-state index is 5.71. The molecule has 0 saturated carbocycles. The van der Waals surface area contributed by atoms with Crippen LogP contribution in [0.15, 0.2) is 42.7 Å². The predicted molar refractivity (Wildman–Crippen MR) is 80.2 cm³/mol. The Morgan fingerprint density at radius 2 is 2.20 bits per heavy atom. The summed E-state index contributed by atoms with van der Waals surface area (Å²) in [7, 11) is 0. The first kappa shape index (κ1) is 13.2. The molecule has 4 nitrogen and oxygen atoms in total. The van der Waals surface area contributed by atoms with Crippen molar-refractivity contribution in [1.29, 1.82) is 0 Å². The van der Waals surface area contributed by atoms with E-state index in [2.05, 4.69) is 41.6 Å². The number of hydrogen-bond acceptors (Lipinski definition) is 3. The van der Waals surface area contributed by atoms with E-state index in [4.69, 9.17) is 4.74 Å². The van der Waals surface area contributed by atoms with Crippen molar-refractivity contribution in [3.8, 4) is 5.69 Å². The van der Waals surface area contributed by atoms with Crippen LogP contribution in [0.1, 0.15) is 26.2 Å². The van der Waals surface area contributed by atoms with Crippen molar-refractivity contribution in [2.24, 2.45) is 0 Å². The maximum Gasteiger partial charge on any atom is 0.0647 e. The van der Waals surface area contributed by atoms with Gasteiger partial charge in [0.2, 0.25) is 0 Å². The van der Waals surface area contributed by atoms with Crippen LogP contribution in [0.5, 0.6) is 0 Å². The number of nitrogens with zero attached hydrogens (tertiary/aromatic N) is 2. The lowest BCUT2D eigenvalue weighted by atomic mass is 10.0. The number of nitrogens with one attached hydrogen (secondary N) is 1. The minimum atomic E-state index is 0.407. The van der Waals surface area contributed by atoms with Crippen LogP contribution in [0.4, 0.5) is 5.69 Å². The lowest BCUT2D eigenvalue weighted by molar-refractivity contribution is 0.00926. The number of benzene rings is 1. The molecule has 3 rings (SSSR count). The largest absolute Gasteiger partial charge is 0.382 e. The average molecular weight is 271 g/mol. The van der Waals surface area contributed by atoms with Gasteiger partial charge in [0, 0.05) is 30.7 Å². The van der Waals surface area contributed by atoms with Gasteiger partial charge in [0.25, 0.3) is 0 Å². The molecule has 2 unspecified atom stereocenters. The van der Waals surface area contributed by atoms with Crippen molar-refractivity contribution in [2.75, 3.05) is 11.9 Å². The third-order valence-electron chi connectivity index (χ3n) is 3.83. The summed E-state index contributed by atoms with van der Waals surface area (Å²) in [4.78, 5) is 0. The van der Waals surface area contributed by atoms with Crippen LogP contribution in [-0.2, 0) is 4.74 Å². The fraction of sp³-hybridized carbons (Fsp3) is 0.438. The molecule has 0 bridgehead atoms. The second-order valence-electron chi connectivity index (χ2n) is 5.26. The van der Waals surface area contributed by atoms with Gasteiger partial charge < -0.3 is 10.1 Å². The summed E-state index contributed by atoms with van der Waals surface area (Å²) in [5.41, 5.74) is 2.25. The first-order chi connectivity index (χ1) is 9.85. The van der Waals surface area contributed by atoms with Gasteiger partial charge in [-0.05, 0) is 49.6 Å². The molecule has 0 spiro atoms. The third kappa shape index (κ3) is 3.02. The molecule has 2 atom stereocenters. The number of aromatic nitrogens is 2. The Hall–Kier alpha value is -1.81. The van der Waals surface area contributed by atoms with Gasteiger partial charge in [-0.2, -0.15) is 5.10 Å². The molecule has 0 aliphatic carbocycles. The summed E-state index contributed by atoms with van der Waals surface area (Å²) in [6.45, 7) is 3.05. The molecular weight excluding hydrogens is 250 g/mol. The fourth-order valence-electron chi connectivity index (χ4n) is 2.66. The Bertz CT molecular complexity index is 521. The molecule has 2 heterocycles. The molecule has 4 heteroatoms. The van der Waals surface area contributed by atoms with Gasteiger partial charge in [0.05, 0.1) is 11.8 Å². The Morgan fingerprint density at radius 3 is 2.90 bits per heavy atom. The number of hydrogen-bond donors (Lipinski definition) is 1. The Kier molecular flexibility index (Phi) is 4.02. The second-order valence-corrected chi connectivity index (χ2v) is 5.26. The Balaban J connectivity index is 1.63. The second kappa shape index (κ2) is 6.09. The van der Waals surface area contributed by atoms with E-state index in [0.717, 1.165) is 31.6 Å². The van der Waals surface area contributed by atoms with Crippen molar-refractivity contribution < 1.29 is 4.74 Å². The molecule has 0 amide bonds. The summed E-state index contributed by atoms with van der Waals surface area (Å²) in [6.07, 6.45) is 7.42. The highest BCUT2D eigenvalue weighted by molar-refractivity contribution is 5.49. The zero-order valence-electron chi connectivity index (χ0n) is 11.8. The zero-order valence-corrected chi connectivity index (χ0v) is 11.8. The molecule has 1 N–H and O–H groups in total. The van der Waals surface area contributed by atoms with Gasteiger partial charge in [-0.3, -0.25) is 0 Å². The smallest absolute Gasteiger partial charge is 0.0647 e. The molecule has 1 aliphatic heterocycles. The summed E-state index contributed by atoms with van der Waals surface area (Å²) >= 11 is 0. The van der Waals surface area contributed by atoms with Gasteiger partial charge in [-0.15, -0.1) is 0 Å². The summed E-state index contributed by atoms with van der Waals surface area (Å²) in [5, 5.41) is 7.84. The minimum Gasteiger partial charge on any atom is -0.382 e. The van der Waals surface area contributed by atoms with Crippen molar-refractivity contribution in [3.05, 3.63) is 42.7 Å². The first-order valence-corrected chi connectivity index (χ1v) is 7.33. The number of rotatable bonds is 4. The van der Waals surface area contributed by atoms with Crippen LogP contribution in [0.3, 0.4) is 0 Å².